The molecule has 0 aromatic carbocycles. The minimum absolute atomic E-state index is 0.0742. The molecule has 0 saturated heterocycles. The summed E-state index contributed by atoms with van der Waals surface area (Å²) in [6.07, 6.45) is -1.04. The van der Waals surface area contributed by atoms with Crippen LogP contribution < -0.4 is 5.73 Å². The molecule has 86 valence electrons. The normalized spacial score (nSPS) is 14.1. The lowest BCUT2D eigenvalue weighted by molar-refractivity contribution is 0.205. The van der Waals surface area contributed by atoms with Crippen molar-refractivity contribution in [3.8, 4) is 0 Å². The summed E-state index contributed by atoms with van der Waals surface area (Å²) >= 11 is 0. The number of sulfone groups is 1. The van der Waals surface area contributed by atoms with Crippen LogP contribution in [0.15, 0.2) is 4.90 Å². The SMILES string of the molecule is Cc1n[nH]c(C)c1S(=O)(=O)CC(O)CN. The number of nitrogens with one attached hydrogen (secondary N) is 1. The quantitative estimate of drug-likeness (QED) is 0.625. The lowest BCUT2D eigenvalue weighted by Gasteiger charge is -2.08. The van der Waals surface area contributed by atoms with E-state index in [9.17, 15) is 13.5 Å². The van der Waals surface area contributed by atoms with Gasteiger partial charge < -0.3 is 10.8 Å². The van der Waals surface area contributed by atoms with E-state index in [2.05, 4.69) is 10.2 Å². The van der Waals surface area contributed by atoms with E-state index < -0.39 is 15.9 Å². The van der Waals surface area contributed by atoms with Crippen LogP contribution in [0.5, 0.6) is 0 Å². The van der Waals surface area contributed by atoms with Crippen LogP contribution in [0.3, 0.4) is 0 Å². The number of nitrogens with zero attached hydrogens (tertiary/aromatic N) is 1. The molecule has 0 aliphatic heterocycles. The van der Waals surface area contributed by atoms with Gasteiger partial charge in [-0.05, 0) is 13.8 Å². The Morgan fingerprint density at radius 3 is 2.53 bits per heavy atom. The number of hydrogen-bond acceptors (Lipinski definition) is 5. The molecule has 0 aliphatic rings. The Bertz CT molecular complexity index is 418. The zero-order valence-corrected chi connectivity index (χ0v) is 9.50. The van der Waals surface area contributed by atoms with Gasteiger partial charge in [-0.3, -0.25) is 5.10 Å². The second-order valence-corrected chi connectivity index (χ2v) is 5.41. The summed E-state index contributed by atoms with van der Waals surface area (Å²) in [6.45, 7) is 3.15. The Morgan fingerprint density at radius 2 is 2.13 bits per heavy atom. The van der Waals surface area contributed by atoms with E-state index in [1.54, 1.807) is 13.8 Å². The fourth-order valence-electron chi connectivity index (χ4n) is 1.40. The van der Waals surface area contributed by atoms with Crippen molar-refractivity contribution in [2.75, 3.05) is 12.3 Å². The molecule has 1 unspecified atom stereocenters. The van der Waals surface area contributed by atoms with Gasteiger partial charge in [0.25, 0.3) is 0 Å². The third-order valence-corrected chi connectivity index (χ3v) is 4.10. The van der Waals surface area contributed by atoms with Crippen LogP contribution in [-0.4, -0.2) is 42.1 Å². The average Bonchev–Trinajstić information content (AvgIpc) is 2.45. The lowest BCUT2D eigenvalue weighted by Crippen LogP contribution is -2.28. The Labute approximate surface area is 88.4 Å². The van der Waals surface area contributed by atoms with E-state index in [0.717, 1.165) is 0 Å². The maximum absolute atomic E-state index is 11.8. The fourth-order valence-corrected chi connectivity index (χ4v) is 3.22. The number of aliphatic hydroxyl groups is 1. The molecule has 0 bridgehead atoms. The van der Waals surface area contributed by atoms with Crippen molar-refractivity contribution in [3.05, 3.63) is 11.4 Å². The van der Waals surface area contributed by atoms with Crippen molar-refractivity contribution in [1.82, 2.24) is 10.2 Å². The van der Waals surface area contributed by atoms with Crippen LogP contribution in [0.1, 0.15) is 11.4 Å². The first-order chi connectivity index (χ1) is 6.88. The smallest absolute Gasteiger partial charge is 0.184 e. The number of aromatic nitrogens is 2. The van der Waals surface area contributed by atoms with Gasteiger partial charge in [-0.1, -0.05) is 0 Å². The molecule has 0 amide bonds. The first kappa shape index (κ1) is 12.2. The maximum atomic E-state index is 11.8. The van der Waals surface area contributed by atoms with Crippen molar-refractivity contribution in [1.29, 1.82) is 0 Å². The second-order valence-electron chi connectivity index (χ2n) is 3.43. The van der Waals surface area contributed by atoms with E-state index >= 15 is 0 Å². The molecule has 0 fully saturated rings. The summed E-state index contributed by atoms with van der Waals surface area (Å²) in [7, 11) is -3.51. The molecule has 1 rings (SSSR count). The van der Waals surface area contributed by atoms with Gasteiger partial charge in [-0.2, -0.15) is 5.10 Å². The molecule has 0 spiro atoms. The first-order valence-electron chi connectivity index (χ1n) is 4.51. The van der Waals surface area contributed by atoms with E-state index in [1.165, 1.54) is 0 Å². The van der Waals surface area contributed by atoms with Gasteiger partial charge >= 0.3 is 0 Å². The Morgan fingerprint density at radius 1 is 1.53 bits per heavy atom. The molecule has 1 aromatic heterocycles. The van der Waals surface area contributed by atoms with Crippen molar-refractivity contribution in [2.45, 2.75) is 24.8 Å². The minimum Gasteiger partial charge on any atom is -0.391 e. The number of hydrogen-bond donors (Lipinski definition) is 3. The van der Waals surface area contributed by atoms with E-state index in [4.69, 9.17) is 5.73 Å². The summed E-state index contributed by atoms with van der Waals surface area (Å²) in [5.41, 5.74) is 6.07. The zero-order chi connectivity index (χ0) is 11.6. The number of nitrogens with two attached hydrogens (primary N) is 1. The highest BCUT2D eigenvalue weighted by Crippen LogP contribution is 2.18. The van der Waals surface area contributed by atoms with Crippen molar-refractivity contribution >= 4 is 9.84 Å². The highest BCUT2D eigenvalue weighted by molar-refractivity contribution is 7.91. The molecule has 0 radical (unpaired) electrons. The Balaban J connectivity index is 3.07. The highest BCUT2D eigenvalue weighted by Gasteiger charge is 2.24. The highest BCUT2D eigenvalue weighted by atomic mass is 32.2. The topological polar surface area (TPSA) is 109 Å². The van der Waals surface area contributed by atoms with Crippen molar-refractivity contribution in [2.24, 2.45) is 5.73 Å². The molecule has 7 heteroatoms. The van der Waals surface area contributed by atoms with E-state index in [0.29, 0.717) is 11.4 Å². The third kappa shape index (κ3) is 2.55. The Kier molecular flexibility index (Phi) is 3.48. The molecular formula is C8H15N3O3S. The van der Waals surface area contributed by atoms with Gasteiger partial charge in [0.05, 0.1) is 23.2 Å². The molecule has 15 heavy (non-hydrogen) atoms. The van der Waals surface area contributed by atoms with Gasteiger partial charge in [-0.15, -0.1) is 0 Å². The molecular weight excluding hydrogens is 218 g/mol. The van der Waals surface area contributed by atoms with Gasteiger partial charge in [0, 0.05) is 6.54 Å². The van der Waals surface area contributed by atoms with Crippen LogP contribution in [0.2, 0.25) is 0 Å². The van der Waals surface area contributed by atoms with Crippen molar-refractivity contribution in [3.63, 3.8) is 0 Å². The van der Waals surface area contributed by atoms with Crippen molar-refractivity contribution < 1.29 is 13.5 Å². The van der Waals surface area contributed by atoms with Gasteiger partial charge in [0.15, 0.2) is 9.84 Å². The van der Waals surface area contributed by atoms with E-state index in [-0.39, 0.29) is 17.2 Å². The predicted molar refractivity (Wildman–Crippen MR) is 55.2 cm³/mol. The molecule has 0 aliphatic carbocycles. The zero-order valence-electron chi connectivity index (χ0n) is 8.69. The summed E-state index contributed by atoms with van der Waals surface area (Å²) < 4.78 is 23.7. The monoisotopic (exact) mass is 233 g/mol. The number of aromatic amines is 1. The molecule has 6 nitrogen and oxygen atoms in total. The Hall–Kier alpha value is -0.920. The van der Waals surface area contributed by atoms with Crippen LogP contribution in [0.25, 0.3) is 0 Å². The number of rotatable bonds is 4. The summed E-state index contributed by atoms with van der Waals surface area (Å²) in [6, 6.07) is 0. The van der Waals surface area contributed by atoms with Gasteiger partial charge in [0.1, 0.15) is 4.90 Å². The minimum atomic E-state index is -3.51. The third-order valence-electron chi connectivity index (χ3n) is 2.06. The number of aliphatic hydroxyl groups excluding tert-OH is 1. The van der Waals surface area contributed by atoms with Gasteiger partial charge in [-0.25, -0.2) is 8.42 Å². The standard InChI is InChI=1S/C8H15N3O3S/c1-5-8(6(2)11-10-5)15(13,14)4-7(12)3-9/h7,12H,3-4,9H2,1-2H3,(H,10,11). The first-order valence-corrected chi connectivity index (χ1v) is 6.16. The van der Waals surface area contributed by atoms with Crippen LogP contribution >= 0.6 is 0 Å². The summed E-state index contributed by atoms with van der Waals surface area (Å²) in [5, 5.41) is 15.6. The predicted octanol–water partition coefficient (Wildman–Crippen LogP) is -0.880. The molecule has 0 saturated carbocycles. The maximum Gasteiger partial charge on any atom is 0.184 e. The second kappa shape index (κ2) is 4.30. The van der Waals surface area contributed by atoms with Gasteiger partial charge in [0.2, 0.25) is 0 Å². The summed E-state index contributed by atoms with van der Waals surface area (Å²) in [4.78, 5) is 0.162. The fraction of sp³-hybridized carbons (Fsp3) is 0.625. The van der Waals surface area contributed by atoms with E-state index in [1.807, 2.05) is 0 Å². The molecule has 4 N–H and O–H groups in total. The molecule has 1 atom stereocenters. The van der Waals surface area contributed by atoms with Crippen LogP contribution in [-0.2, 0) is 9.84 Å². The molecule has 1 aromatic rings. The number of H-pyrrole nitrogens is 1. The molecule has 1 heterocycles. The largest absolute Gasteiger partial charge is 0.391 e. The average molecular weight is 233 g/mol. The van der Waals surface area contributed by atoms with Crippen LogP contribution in [0.4, 0.5) is 0 Å². The number of aryl methyl sites for hydroxylation is 2. The lowest BCUT2D eigenvalue weighted by atomic mass is 10.4. The van der Waals surface area contributed by atoms with Crippen LogP contribution in [0, 0.1) is 13.8 Å². The summed E-state index contributed by atoms with van der Waals surface area (Å²) in [5.74, 6) is -0.370.